The molecule has 3 aliphatic rings. The monoisotopic (exact) mass is 449 g/mol. The minimum atomic E-state index is -0.909. The zero-order valence-electron chi connectivity index (χ0n) is 17.8. The third-order valence-corrected chi connectivity index (χ3v) is 7.22. The standard InChI is InChI=1S/C20H31N7O3S/c21-18(30)24-20(7-8-20)17(29)26-10-6-15(28)22-9-11-27(13-12-26)19-23-16(25-31-19)14-4-2-1-3-5-14/h14H,1-13H2,(H,22,28)(H3,21,24,30). The van der Waals surface area contributed by atoms with Crippen LogP contribution in [0.1, 0.15) is 63.1 Å². The third-order valence-electron chi connectivity index (χ3n) is 6.43. The minimum Gasteiger partial charge on any atom is -0.354 e. The number of hydrogen-bond donors (Lipinski definition) is 3. The predicted octanol–water partition coefficient (Wildman–Crippen LogP) is 0.942. The number of rotatable bonds is 4. The number of nitrogens with zero attached hydrogens (tertiary/aromatic N) is 4. The van der Waals surface area contributed by atoms with E-state index in [0.29, 0.717) is 51.5 Å². The van der Waals surface area contributed by atoms with E-state index in [2.05, 4.69) is 19.9 Å². The first-order chi connectivity index (χ1) is 15.0. The molecule has 0 radical (unpaired) electrons. The van der Waals surface area contributed by atoms with Gasteiger partial charge >= 0.3 is 6.03 Å². The van der Waals surface area contributed by atoms with Gasteiger partial charge in [0, 0.05) is 56.6 Å². The Balaban J connectivity index is 1.46. The highest BCUT2D eigenvalue weighted by Gasteiger charge is 2.52. The van der Waals surface area contributed by atoms with Gasteiger partial charge in [-0.1, -0.05) is 19.3 Å². The van der Waals surface area contributed by atoms with Gasteiger partial charge in [0.1, 0.15) is 11.4 Å². The summed E-state index contributed by atoms with van der Waals surface area (Å²) in [6.07, 6.45) is 7.41. The van der Waals surface area contributed by atoms with Crippen LogP contribution in [0.15, 0.2) is 0 Å². The molecule has 31 heavy (non-hydrogen) atoms. The number of nitrogens with one attached hydrogen (secondary N) is 2. The molecule has 0 bridgehead atoms. The fourth-order valence-corrected chi connectivity index (χ4v) is 5.25. The number of hydrogen-bond acceptors (Lipinski definition) is 7. The van der Waals surface area contributed by atoms with Crippen LogP contribution in [0, 0.1) is 0 Å². The van der Waals surface area contributed by atoms with Crippen molar-refractivity contribution in [3.8, 4) is 0 Å². The zero-order valence-corrected chi connectivity index (χ0v) is 18.6. The van der Waals surface area contributed by atoms with Gasteiger partial charge in [-0.25, -0.2) is 9.78 Å². The number of carbonyl (C=O) groups is 3. The molecule has 1 aromatic heterocycles. The molecule has 0 spiro atoms. The Labute approximate surface area is 186 Å². The van der Waals surface area contributed by atoms with E-state index >= 15 is 0 Å². The van der Waals surface area contributed by atoms with Crippen LogP contribution >= 0.6 is 11.5 Å². The first-order valence-electron chi connectivity index (χ1n) is 11.2. The van der Waals surface area contributed by atoms with E-state index in [-0.39, 0.29) is 18.2 Å². The lowest BCUT2D eigenvalue weighted by atomic mass is 9.89. The first-order valence-corrected chi connectivity index (χ1v) is 12.0. The van der Waals surface area contributed by atoms with E-state index in [4.69, 9.17) is 10.7 Å². The molecule has 0 atom stereocenters. The molecule has 2 aliphatic carbocycles. The maximum atomic E-state index is 13.1. The minimum absolute atomic E-state index is 0.0903. The van der Waals surface area contributed by atoms with Crippen LogP contribution < -0.4 is 21.3 Å². The Hall–Kier alpha value is -2.43. The largest absolute Gasteiger partial charge is 0.354 e. The summed E-state index contributed by atoms with van der Waals surface area (Å²) in [7, 11) is 0. The summed E-state index contributed by atoms with van der Waals surface area (Å²) < 4.78 is 4.62. The van der Waals surface area contributed by atoms with Crippen LogP contribution in [0.3, 0.4) is 0 Å². The van der Waals surface area contributed by atoms with Gasteiger partial charge in [0.25, 0.3) is 0 Å². The summed E-state index contributed by atoms with van der Waals surface area (Å²) in [4.78, 5) is 45.2. The van der Waals surface area contributed by atoms with Gasteiger partial charge in [-0.05, 0) is 25.7 Å². The van der Waals surface area contributed by atoms with Gasteiger partial charge in [-0.2, -0.15) is 4.37 Å². The molecule has 11 heteroatoms. The normalized spacial score (nSPS) is 22.5. The fraction of sp³-hybridized carbons (Fsp3) is 0.750. The lowest BCUT2D eigenvalue weighted by Crippen LogP contribution is -2.54. The van der Waals surface area contributed by atoms with Crippen molar-refractivity contribution in [1.82, 2.24) is 24.9 Å². The molecular formula is C20H31N7O3S. The van der Waals surface area contributed by atoms with Crippen LogP contribution in [-0.2, 0) is 9.59 Å². The summed E-state index contributed by atoms with van der Waals surface area (Å²) in [5, 5.41) is 6.35. The maximum Gasteiger partial charge on any atom is 0.313 e. The van der Waals surface area contributed by atoms with Crippen LogP contribution in [0.5, 0.6) is 0 Å². The highest BCUT2D eigenvalue weighted by Crippen LogP contribution is 2.37. The smallest absolute Gasteiger partial charge is 0.313 e. The van der Waals surface area contributed by atoms with E-state index in [1.54, 1.807) is 4.90 Å². The molecule has 1 saturated heterocycles. The molecule has 170 valence electrons. The van der Waals surface area contributed by atoms with Gasteiger partial charge in [0.05, 0.1) is 0 Å². The Morgan fingerprint density at radius 1 is 1.13 bits per heavy atom. The molecule has 3 fully saturated rings. The van der Waals surface area contributed by atoms with Crippen molar-refractivity contribution in [3.05, 3.63) is 5.82 Å². The molecule has 4 amide bonds. The predicted molar refractivity (Wildman–Crippen MR) is 117 cm³/mol. The molecular weight excluding hydrogens is 418 g/mol. The molecule has 10 nitrogen and oxygen atoms in total. The van der Waals surface area contributed by atoms with Crippen molar-refractivity contribution >= 4 is 34.5 Å². The SMILES string of the molecule is NC(=O)NC1(C(=O)N2CCC(=O)NCCN(c3nc(C4CCCCC4)ns3)CC2)CC1. The molecule has 0 aromatic carbocycles. The third kappa shape index (κ3) is 5.25. The number of anilines is 1. The van der Waals surface area contributed by atoms with E-state index in [1.165, 1.54) is 30.8 Å². The molecule has 1 aliphatic heterocycles. The molecule has 2 saturated carbocycles. The summed E-state index contributed by atoms with van der Waals surface area (Å²) in [6, 6.07) is -0.699. The van der Waals surface area contributed by atoms with Crippen molar-refractivity contribution in [3.63, 3.8) is 0 Å². The van der Waals surface area contributed by atoms with Crippen molar-refractivity contribution in [1.29, 1.82) is 0 Å². The second kappa shape index (κ2) is 9.37. The Bertz CT molecular complexity index is 819. The maximum absolute atomic E-state index is 13.1. The van der Waals surface area contributed by atoms with E-state index < -0.39 is 11.6 Å². The number of nitrogens with two attached hydrogens (primary N) is 1. The summed E-state index contributed by atoms with van der Waals surface area (Å²) >= 11 is 1.39. The highest BCUT2D eigenvalue weighted by atomic mass is 32.1. The average Bonchev–Trinajstić information content (AvgIpc) is 3.36. The molecule has 4 N–H and O–H groups in total. The number of urea groups is 1. The first kappa shape index (κ1) is 21.8. The quantitative estimate of drug-likeness (QED) is 0.626. The van der Waals surface area contributed by atoms with E-state index in [1.807, 2.05) is 0 Å². The molecule has 4 rings (SSSR count). The van der Waals surface area contributed by atoms with E-state index in [0.717, 1.165) is 23.8 Å². The number of aromatic nitrogens is 2. The zero-order chi connectivity index (χ0) is 21.8. The van der Waals surface area contributed by atoms with Crippen LogP contribution in [0.4, 0.5) is 9.93 Å². The number of amides is 4. The fourth-order valence-electron chi connectivity index (χ4n) is 4.45. The molecule has 2 heterocycles. The molecule has 1 aromatic rings. The van der Waals surface area contributed by atoms with Crippen molar-refractivity contribution in [2.45, 2.75) is 62.8 Å². The Morgan fingerprint density at radius 3 is 2.61 bits per heavy atom. The van der Waals surface area contributed by atoms with Gasteiger partial charge in [0.2, 0.25) is 16.9 Å². The average molecular weight is 450 g/mol. The van der Waals surface area contributed by atoms with Gasteiger partial charge < -0.3 is 26.2 Å². The topological polar surface area (TPSA) is 134 Å². The Morgan fingerprint density at radius 2 is 1.90 bits per heavy atom. The van der Waals surface area contributed by atoms with Crippen LogP contribution in [-0.4, -0.2) is 70.4 Å². The van der Waals surface area contributed by atoms with Gasteiger partial charge in [-0.15, -0.1) is 0 Å². The highest BCUT2D eigenvalue weighted by molar-refractivity contribution is 7.09. The lowest BCUT2D eigenvalue weighted by Gasteiger charge is -2.31. The van der Waals surface area contributed by atoms with Crippen LogP contribution in [0.25, 0.3) is 0 Å². The van der Waals surface area contributed by atoms with Gasteiger partial charge in [0.15, 0.2) is 0 Å². The summed E-state index contributed by atoms with van der Waals surface area (Å²) in [5.41, 5.74) is 4.36. The van der Waals surface area contributed by atoms with E-state index in [9.17, 15) is 14.4 Å². The number of primary amides is 1. The Kier molecular flexibility index (Phi) is 6.59. The van der Waals surface area contributed by atoms with Crippen molar-refractivity contribution in [2.24, 2.45) is 5.73 Å². The van der Waals surface area contributed by atoms with Crippen molar-refractivity contribution < 1.29 is 14.4 Å². The lowest BCUT2D eigenvalue weighted by molar-refractivity contribution is -0.134. The van der Waals surface area contributed by atoms with Crippen LogP contribution in [0.2, 0.25) is 0 Å². The second-order valence-electron chi connectivity index (χ2n) is 8.72. The second-order valence-corrected chi connectivity index (χ2v) is 9.45. The summed E-state index contributed by atoms with van der Waals surface area (Å²) in [5.74, 6) is 1.11. The van der Waals surface area contributed by atoms with Gasteiger partial charge in [-0.3, -0.25) is 9.59 Å². The summed E-state index contributed by atoms with van der Waals surface area (Å²) in [6.45, 7) is 2.49. The molecule has 0 unspecified atom stereocenters. The number of carbonyl (C=O) groups excluding carboxylic acids is 3. The van der Waals surface area contributed by atoms with Crippen molar-refractivity contribution in [2.75, 3.05) is 37.6 Å².